The molecule has 7 nitrogen and oxygen atoms in total. The van der Waals surface area contributed by atoms with Crippen molar-refractivity contribution in [2.24, 2.45) is 0 Å². The van der Waals surface area contributed by atoms with Crippen LogP contribution in [0.2, 0.25) is 0 Å². The normalized spacial score (nSPS) is 22.2. The smallest absolute Gasteiger partial charge is 0.351 e. The second-order valence-electron chi connectivity index (χ2n) is 5.84. The summed E-state index contributed by atoms with van der Waals surface area (Å²) in [4.78, 5) is 15.9. The highest BCUT2D eigenvalue weighted by molar-refractivity contribution is 5.38. The first-order chi connectivity index (χ1) is 12.4. The van der Waals surface area contributed by atoms with Crippen LogP contribution in [0.4, 0.5) is 14.6 Å². The fourth-order valence-electron chi connectivity index (χ4n) is 2.47. The molecule has 2 N–H and O–H groups in total. The van der Waals surface area contributed by atoms with Gasteiger partial charge in [0.05, 0.1) is 12.7 Å². The summed E-state index contributed by atoms with van der Waals surface area (Å²) in [5.74, 6) is -2.70. The summed E-state index contributed by atoms with van der Waals surface area (Å²) in [7, 11) is 0. The van der Waals surface area contributed by atoms with Crippen LogP contribution in [0.3, 0.4) is 0 Å². The molecule has 1 aliphatic heterocycles. The Morgan fingerprint density at radius 2 is 2.42 bits per heavy atom. The zero-order valence-electron chi connectivity index (χ0n) is 14.5. The second kappa shape index (κ2) is 8.91. The van der Waals surface area contributed by atoms with Crippen LogP contribution in [-0.4, -0.2) is 39.9 Å². The van der Waals surface area contributed by atoms with Gasteiger partial charge in [-0.2, -0.15) is 4.98 Å². The van der Waals surface area contributed by atoms with Crippen LogP contribution in [0.15, 0.2) is 41.7 Å². The number of nitrogens with one attached hydrogen (secondary N) is 1. The van der Waals surface area contributed by atoms with E-state index in [-0.39, 0.29) is 12.4 Å². The number of aliphatic hydroxyl groups is 1. The van der Waals surface area contributed by atoms with Gasteiger partial charge in [-0.1, -0.05) is 26.0 Å². The summed E-state index contributed by atoms with van der Waals surface area (Å²) in [6.07, 6.45) is 2.75. The first kappa shape index (κ1) is 20.1. The van der Waals surface area contributed by atoms with Gasteiger partial charge >= 0.3 is 5.69 Å². The summed E-state index contributed by atoms with van der Waals surface area (Å²) in [6, 6.07) is 1.38. The van der Waals surface area contributed by atoms with E-state index in [4.69, 9.17) is 14.6 Å². The predicted molar refractivity (Wildman–Crippen MR) is 91.8 cm³/mol. The molecule has 2 atom stereocenters. The number of allylic oxidation sites excluding steroid dienone is 1. The van der Waals surface area contributed by atoms with Crippen LogP contribution >= 0.6 is 0 Å². The molecule has 0 aliphatic carbocycles. The van der Waals surface area contributed by atoms with E-state index in [1.165, 1.54) is 12.3 Å². The molecule has 0 saturated carbocycles. The molecular weight excluding hydrogens is 348 g/mol. The van der Waals surface area contributed by atoms with Crippen molar-refractivity contribution in [3.63, 3.8) is 0 Å². The molecule has 1 fully saturated rings. The van der Waals surface area contributed by atoms with Gasteiger partial charge in [0.25, 0.3) is 5.92 Å². The van der Waals surface area contributed by atoms with Gasteiger partial charge in [-0.25, -0.2) is 13.6 Å². The molecule has 1 saturated heterocycles. The van der Waals surface area contributed by atoms with Crippen molar-refractivity contribution in [1.82, 2.24) is 9.55 Å². The van der Waals surface area contributed by atoms with Crippen molar-refractivity contribution in [3.05, 3.63) is 47.4 Å². The second-order valence-corrected chi connectivity index (χ2v) is 5.84. The van der Waals surface area contributed by atoms with Gasteiger partial charge in [0, 0.05) is 12.6 Å². The number of anilines is 1. The minimum absolute atomic E-state index is 0.165. The monoisotopic (exact) mass is 371 g/mol. The van der Waals surface area contributed by atoms with Gasteiger partial charge in [0.2, 0.25) is 6.23 Å². The van der Waals surface area contributed by atoms with E-state index in [0.29, 0.717) is 5.88 Å². The van der Waals surface area contributed by atoms with E-state index in [9.17, 15) is 13.6 Å². The third-order valence-corrected chi connectivity index (χ3v) is 3.70. The Morgan fingerprint density at radius 1 is 1.65 bits per heavy atom. The largest absolute Gasteiger partial charge is 0.475 e. The molecule has 144 valence electrons. The summed E-state index contributed by atoms with van der Waals surface area (Å²) in [5.41, 5.74) is -0.892. The van der Waals surface area contributed by atoms with Crippen molar-refractivity contribution < 1.29 is 23.4 Å². The maximum absolute atomic E-state index is 14.0. The van der Waals surface area contributed by atoms with Crippen LogP contribution in [-0.2, 0) is 9.47 Å². The highest BCUT2D eigenvalue weighted by Gasteiger charge is 2.51. The number of rotatable bonds is 9. The molecule has 2 unspecified atom stereocenters. The summed E-state index contributed by atoms with van der Waals surface area (Å²) in [6.45, 7) is 5.29. The van der Waals surface area contributed by atoms with Crippen molar-refractivity contribution in [2.75, 3.05) is 18.5 Å². The van der Waals surface area contributed by atoms with Gasteiger partial charge < -0.3 is 19.9 Å². The van der Waals surface area contributed by atoms with Crippen LogP contribution in [0.5, 0.6) is 0 Å². The summed E-state index contributed by atoms with van der Waals surface area (Å²) in [5, 5.41) is 11.9. The van der Waals surface area contributed by atoms with Crippen molar-refractivity contribution >= 4 is 5.82 Å². The van der Waals surface area contributed by atoms with Crippen molar-refractivity contribution in [1.29, 1.82) is 0 Å². The lowest BCUT2D eigenvalue weighted by atomic mass is 10.2. The Labute approximate surface area is 150 Å². The third kappa shape index (κ3) is 4.89. The molecule has 2 heterocycles. The molecule has 1 aliphatic rings. The van der Waals surface area contributed by atoms with Crippen molar-refractivity contribution in [3.8, 4) is 0 Å². The minimum Gasteiger partial charge on any atom is -0.475 e. The number of aromatic nitrogens is 2. The van der Waals surface area contributed by atoms with Crippen molar-refractivity contribution in [2.45, 2.75) is 44.4 Å². The SMILES string of the molecule is C=CCO/C(=C/CCC)Nc1ccn(C2OC(CO)CC2(F)F)c(=O)n1. The molecule has 1 aromatic heterocycles. The Kier molecular flexibility index (Phi) is 6.87. The fraction of sp³-hybridized carbons (Fsp3) is 0.529. The highest BCUT2D eigenvalue weighted by atomic mass is 19.3. The van der Waals surface area contributed by atoms with Gasteiger partial charge in [0.1, 0.15) is 12.4 Å². The number of unbranched alkanes of at least 4 members (excludes halogenated alkanes) is 1. The maximum Gasteiger partial charge on any atom is 0.351 e. The number of aliphatic hydroxyl groups excluding tert-OH is 1. The van der Waals surface area contributed by atoms with E-state index in [1.807, 2.05) is 6.92 Å². The fourth-order valence-corrected chi connectivity index (χ4v) is 2.47. The Bertz CT molecular complexity index is 705. The van der Waals surface area contributed by atoms with Gasteiger partial charge in [-0.15, -0.1) is 0 Å². The van der Waals surface area contributed by atoms with E-state index < -0.39 is 37.0 Å². The van der Waals surface area contributed by atoms with E-state index >= 15 is 0 Å². The predicted octanol–water partition coefficient (Wildman–Crippen LogP) is 2.41. The molecule has 2 rings (SSSR count). The third-order valence-electron chi connectivity index (χ3n) is 3.70. The highest BCUT2D eigenvalue weighted by Crippen LogP contribution is 2.41. The Morgan fingerprint density at radius 3 is 3.00 bits per heavy atom. The average Bonchev–Trinajstić information content (AvgIpc) is 2.92. The molecule has 0 spiro atoms. The quantitative estimate of drug-likeness (QED) is 0.512. The zero-order valence-corrected chi connectivity index (χ0v) is 14.5. The molecule has 26 heavy (non-hydrogen) atoms. The molecule has 0 bridgehead atoms. The molecule has 9 heteroatoms. The lowest BCUT2D eigenvalue weighted by molar-refractivity contribution is -0.120. The Balaban J connectivity index is 2.18. The van der Waals surface area contributed by atoms with E-state index in [2.05, 4.69) is 16.9 Å². The number of hydrogen-bond acceptors (Lipinski definition) is 6. The van der Waals surface area contributed by atoms with Crippen LogP contribution in [0, 0.1) is 0 Å². The molecule has 0 radical (unpaired) electrons. The summed E-state index contributed by atoms with van der Waals surface area (Å²) < 4.78 is 39.3. The van der Waals surface area contributed by atoms with Gasteiger partial charge in [-0.3, -0.25) is 4.57 Å². The summed E-state index contributed by atoms with van der Waals surface area (Å²) >= 11 is 0. The molecule has 0 amide bonds. The number of halogens is 2. The Hall–Kier alpha value is -2.26. The van der Waals surface area contributed by atoms with Crippen LogP contribution in [0.25, 0.3) is 0 Å². The molecule has 1 aromatic rings. The topological polar surface area (TPSA) is 85.6 Å². The first-order valence-corrected chi connectivity index (χ1v) is 8.35. The van der Waals surface area contributed by atoms with E-state index in [1.54, 1.807) is 12.2 Å². The average molecular weight is 371 g/mol. The lowest BCUT2D eigenvalue weighted by Gasteiger charge is -2.20. The van der Waals surface area contributed by atoms with Gasteiger partial charge in [0.15, 0.2) is 5.88 Å². The van der Waals surface area contributed by atoms with Crippen LogP contribution in [0.1, 0.15) is 32.4 Å². The zero-order chi connectivity index (χ0) is 19.2. The lowest BCUT2D eigenvalue weighted by Crippen LogP contribution is -2.35. The number of ether oxygens (including phenoxy) is 2. The van der Waals surface area contributed by atoms with Gasteiger partial charge in [-0.05, 0) is 18.6 Å². The number of nitrogens with zero attached hydrogens (tertiary/aromatic N) is 2. The molecule has 0 aromatic carbocycles. The first-order valence-electron chi connectivity index (χ1n) is 8.35. The van der Waals surface area contributed by atoms with E-state index in [0.717, 1.165) is 17.4 Å². The maximum atomic E-state index is 14.0. The number of alkyl halides is 2. The standard InChI is InChI=1S/C17H23F2N3O4/c1-3-5-6-14(25-9-4-2)20-13-7-8-22(16(24)21-13)15-17(18,19)10-12(11-23)26-15/h4,6-8,12,15,23H,2-3,5,9-11H2,1H3,(H,20,21,24)/b14-6+. The molecular formula is C17H23F2N3O4. The number of hydrogen-bond donors (Lipinski definition) is 2. The van der Waals surface area contributed by atoms with Crippen LogP contribution < -0.4 is 11.0 Å². The minimum atomic E-state index is -3.27.